The molecule has 1 heterocycles. The molecule has 11 heavy (non-hydrogen) atoms. The Balaban J connectivity index is 2.67. The number of nitrogens with zero attached hydrogens (tertiary/aromatic N) is 1. The van der Waals surface area contributed by atoms with Crippen LogP contribution in [0.15, 0.2) is 24.4 Å². The lowest BCUT2D eigenvalue weighted by molar-refractivity contribution is 1.11. The molecule has 2 heteroatoms. The number of fused-ring (bicyclic) bond motifs is 1. The minimum absolute atomic E-state index is 1.08. The molecule has 0 saturated heterocycles. The van der Waals surface area contributed by atoms with Crippen LogP contribution >= 0.6 is 0 Å². The van der Waals surface area contributed by atoms with Crippen LogP contribution in [0.5, 0.6) is 0 Å². The van der Waals surface area contributed by atoms with Gasteiger partial charge in [-0.25, -0.2) is 0 Å². The summed E-state index contributed by atoms with van der Waals surface area (Å²) in [6.07, 6.45) is 2.92. The number of benzene rings is 1. The number of aryl methyl sites for hydroxylation is 1. The third-order valence-electron chi connectivity index (χ3n) is 1.91. The van der Waals surface area contributed by atoms with Crippen molar-refractivity contribution in [3.63, 3.8) is 0 Å². The third-order valence-corrected chi connectivity index (χ3v) is 1.91. The van der Waals surface area contributed by atoms with Crippen LogP contribution in [0.3, 0.4) is 0 Å². The van der Waals surface area contributed by atoms with Gasteiger partial charge in [-0.2, -0.15) is 5.10 Å². The first-order chi connectivity index (χ1) is 5.40. The second-order valence-corrected chi connectivity index (χ2v) is 2.65. The van der Waals surface area contributed by atoms with Crippen LogP contribution in [0.2, 0.25) is 0 Å². The van der Waals surface area contributed by atoms with Gasteiger partial charge < -0.3 is 0 Å². The first-order valence-corrected chi connectivity index (χ1v) is 3.82. The van der Waals surface area contributed by atoms with Gasteiger partial charge in [-0.1, -0.05) is 19.1 Å². The molecule has 0 aliphatic carbocycles. The van der Waals surface area contributed by atoms with Crippen molar-refractivity contribution in [3.8, 4) is 0 Å². The molecule has 0 amide bonds. The Bertz CT molecular complexity index is 362. The summed E-state index contributed by atoms with van der Waals surface area (Å²) in [5.41, 5.74) is 2.48. The molecule has 2 nitrogen and oxygen atoms in total. The van der Waals surface area contributed by atoms with E-state index in [9.17, 15) is 0 Å². The lowest BCUT2D eigenvalue weighted by Crippen LogP contribution is -1.78. The summed E-state index contributed by atoms with van der Waals surface area (Å²) in [6, 6.07) is 6.37. The Morgan fingerprint density at radius 2 is 2.36 bits per heavy atom. The summed E-state index contributed by atoms with van der Waals surface area (Å²) >= 11 is 0. The van der Waals surface area contributed by atoms with Gasteiger partial charge in [0.1, 0.15) is 0 Å². The summed E-state index contributed by atoms with van der Waals surface area (Å²) in [5.74, 6) is 0. The monoisotopic (exact) mass is 146 g/mol. The standard InChI is InChI=1S/C9H10N2/c1-2-7-3-4-8-6-10-11-9(8)5-7/h3-6H,2H2,1H3,(H,10,11). The first-order valence-electron chi connectivity index (χ1n) is 3.82. The Morgan fingerprint density at radius 1 is 1.45 bits per heavy atom. The molecule has 0 aliphatic heterocycles. The van der Waals surface area contributed by atoms with E-state index in [1.54, 1.807) is 0 Å². The minimum atomic E-state index is 1.08. The highest BCUT2D eigenvalue weighted by Crippen LogP contribution is 2.12. The fourth-order valence-electron chi connectivity index (χ4n) is 1.20. The molecule has 0 saturated carbocycles. The molecule has 0 aliphatic rings. The molecule has 2 rings (SSSR count). The predicted octanol–water partition coefficient (Wildman–Crippen LogP) is 2.13. The number of aromatic amines is 1. The van der Waals surface area contributed by atoms with Crippen LogP contribution in [-0.2, 0) is 6.42 Å². The molecule has 0 atom stereocenters. The van der Waals surface area contributed by atoms with Crippen molar-refractivity contribution < 1.29 is 0 Å². The average molecular weight is 146 g/mol. The van der Waals surface area contributed by atoms with Crippen LogP contribution in [-0.4, -0.2) is 10.2 Å². The maximum Gasteiger partial charge on any atom is 0.0653 e. The molecule has 0 spiro atoms. The lowest BCUT2D eigenvalue weighted by Gasteiger charge is -1.93. The number of hydrogen-bond acceptors (Lipinski definition) is 1. The topological polar surface area (TPSA) is 28.7 Å². The first kappa shape index (κ1) is 6.40. The van der Waals surface area contributed by atoms with E-state index in [1.807, 2.05) is 6.20 Å². The van der Waals surface area contributed by atoms with Gasteiger partial charge in [-0.05, 0) is 18.1 Å². The molecule has 1 aromatic carbocycles. The van der Waals surface area contributed by atoms with Gasteiger partial charge >= 0.3 is 0 Å². The van der Waals surface area contributed by atoms with Gasteiger partial charge in [0.05, 0.1) is 11.7 Å². The summed E-state index contributed by atoms with van der Waals surface area (Å²) < 4.78 is 0. The lowest BCUT2D eigenvalue weighted by atomic mass is 10.1. The second kappa shape index (κ2) is 2.38. The van der Waals surface area contributed by atoms with E-state index in [4.69, 9.17) is 0 Å². The fraction of sp³-hybridized carbons (Fsp3) is 0.222. The van der Waals surface area contributed by atoms with Crippen molar-refractivity contribution >= 4 is 10.9 Å². The van der Waals surface area contributed by atoms with E-state index in [1.165, 1.54) is 10.9 Å². The quantitative estimate of drug-likeness (QED) is 0.656. The highest BCUT2D eigenvalue weighted by atomic mass is 15.1. The zero-order chi connectivity index (χ0) is 7.68. The highest BCUT2D eigenvalue weighted by Gasteiger charge is 1.94. The van der Waals surface area contributed by atoms with E-state index in [0.29, 0.717) is 0 Å². The molecule has 56 valence electrons. The van der Waals surface area contributed by atoms with Crippen molar-refractivity contribution in [1.82, 2.24) is 10.2 Å². The van der Waals surface area contributed by atoms with E-state index >= 15 is 0 Å². The largest absolute Gasteiger partial charge is 0.278 e. The predicted molar refractivity (Wildman–Crippen MR) is 45.5 cm³/mol. The van der Waals surface area contributed by atoms with Crippen molar-refractivity contribution in [3.05, 3.63) is 30.0 Å². The molecule has 1 N–H and O–H groups in total. The summed E-state index contributed by atoms with van der Waals surface area (Å²) in [5, 5.41) is 8.08. The number of nitrogens with one attached hydrogen (secondary N) is 1. The molecule has 0 radical (unpaired) electrons. The normalized spacial score (nSPS) is 10.6. The molecule has 0 bridgehead atoms. The van der Waals surface area contributed by atoms with Gasteiger partial charge in [0.25, 0.3) is 0 Å². The maximum absolute atomic E-state index is 3.95. The molecule has 0 fully saturated rings. The molecular formula is C9H10N2. The number of rotatable bonds is 1. The van der Waals surface area contributed by atoms with Gasteiger partial charge in [-0.3, -0.25) is 5.10 Å². The molecule has 2 aromatic rings. The van der Waals surface area contributed by atoms with Gasteiger partial charge in [0.2, 0.25) is 0 Å². The fourth-order valence-corrected chi connectivity index (χ4v) is 1.20. The highest BCUT2D eigenvalue weighted by molar-refractivity contribution is 5.78. The molecule has 1 aromatic heterocycles. The van der Waals surface area contributed by atoms with Crippen molar-refractivity contribution in [2.45, 2.75) is 13.3 Å². The van der Waals surface area contributed by atoms with Crippen LogP contribution in [0.1, 0.15) is 12.5 Å². The van der Waals surface area contributed by atoms with Crippen LogP contribution in [0.4, 0.5) is 0 Å². The third kappa shape index (κ3) is 1.00. The zero-order valence-electron chi connectivity index (χ0n) is 6.46. The summed E-state index contributed by atoms with van der Waals surface area (Å²) in [6.45, 7) is 2.15. The average Bonchev–Trinajstić information content (AvgIpc) is 2.50. The second-order valence-electron chi connectivity index (χ2n) is 2.65. The van der Waals surface area contributed by atoms with Crippen molar-refractivity contribution in [2.24, 2.45) is 0 Å². The number of hydrogen-bond donors (Lipinski definition) is 1. The van der Waals surface area contributed by atoms with Crippen molar-refractivity contribution in [2.75, 3.05) is 0 Å². The SMILES string of the molecule is CCc1ccc2cn[nH]c2c1. The van der Waals surface area contributed by atoms with Gasteiger partial charge in [-0.15, -0.1) is 0 Å². The summed E-state index contributed by atoms with van der Waals surface area (Å²) in [4.78, 5) is 0. The van der Waals surface area contributed by atoms with Crippen molar-refractivity contribution in [1.29, 1.82) is 0 Å². The Morgan fingerprint density at radius 3 is 3.18 bits per heavy atom. The van der Waals surface area contributed by atoms with E-state index in [-0.39, 0.29) is 0 Å². The van der Waals surface area contributed by atoms with Crippen LogP contribution in [0.25, 0.3) is 10.9 Å². The Kier molecular flexibility index (Phi) is 1.39. The van der Waals surface area contributed by atoms with E-state index in [2.05, 4.69) is 35.3 Å². The minimum Gasteiger partial charge on any atom is -0.278 e. The Hall–Kier alpha value is -1.31. The smallest absolute Gasteiger partial charge is 0.0653 e. The number of H-pyrrole nitrogens is 1. The molecule has 0 unspecified atom stereocenters. The van der Waals surface area contributed by atoms with Crippen LogP contribution < -0.4 is 0 Å². The van der Waals surface area contributed by atoms with Gasteiger partial charge in [0, 0.05) is 5.39 Å². The van der Waals surface area contributed by atoms with Gasteiger partial charge in [0.15, 0.2) is 0 Å². The Labute approximate surface area is 65.2 Å². The van der Waals surface area contributed by atoms with Crippen LogP contribution in [0, 0.1) is 0 Å². The van der Waals surface area contributed by atoms with E-state index in [0.717, 1.165) is 11.9 Å². The number of aromatic nitrogens is 2. The maximum atomic E-state index is 3.95. The molecular weight excluding hydrogens is 136 g/mol. The summed E-state index contributed by atoms with van der Waals surface area (Å²) in [7, 11) is 0. The van der Waals surface area contributed by atoms with E-state index < -0.39 is 0 Å². The zero-order valence-corrected chi connectivity index (χ0v) is 6.46.